The molecule has 0 aliphatic rings. The van der Waals surface area contributed by atoms with E-state index < -0.39 is 30.1 Å². The average molecular weight is 378 g/mol. The molecule has 1 aromatic carbocycles. The molecule has 7 nitrogen and oxygen atoms in total. The van der Waals surface area contributed by atoms with E-state index in [4.69, 9.17) is 9.47 Å². The van der Waals surface area contributed by atoms with Gasteiger partial charge in [0.15, 0.2) is 0 Å². The Labute approximate surface area is 160 Å². The number of hydrogen-bond acceptors (Lipinski definition) is 5. The highest BCUT2D eigenvalue weighted by molar-refractivity contribution is 5.89. The van der Waals surface area contributed by atoms with Crippen LogP contribution >= 0.6 is 0 Å². The van der Waals surface area contributed by atoms with Crippen molar-refractivity contribution in [2.45, 2.75) is 52.8 Å². The van der Waals surface area contributed by atoms with Gasteiger partial charge in [-0.2, -0.15) is 0 Å². The van der Waals surface area contributed by atoms with Crippen LogP contribution in [0.25, 0.3) is 0 Å². The van der Waals surface area contributed by atoms with Crippen LogP contribution in [0.1, 0.15) is 39.7 Å². The molecule has 0 aromatic heterocycles. The summed E-state index contributed by atoms with van der Waals surface area (Å²) in [4.78, 5) is 36.7. The molecule has 0 fully saturated rings. The van der Waals surface area contributed by atoms with Crippen molar-refractivity contribution in [2.75, 3.05) is 7.11 Å². The van der Waals surface area contributed by atoms with Crippen molar-refractivity contribution in [3.63, 3.8) is 0 Å². The zero-order chi connectivity index (χ0) is 20.4. The Bertz CT molecular complexity index is 618. The quantitative estimate of drug-likeness (QED) is 0.644. The third-order valence-corrected chi connectivity index (χ3v) is 4.40. The van der Waals surface area contributed by atoms with Crippen LogP contribution in [0.2, 0.25) is 0 Å². The second-order valence-electron chi connectivity index (χ2n) is 6.82. The van der Waals surface area contributed by atoms with Crippen LogP contribution in [0.15, 0.2) is 30.3 Å². The first-order valence-electron chi connectivity index (χ1n) is 9.15. The van der Waals surface area contributed by atoms with Gasteiger partial charge in [0.2, 0.25) is 5.91 Å². The summed E-state index contributed by atoms with van der Waals surface area (Å²) in [5.41, 5.74) is 0.848. The van der Waals surface area contributed by atoms with Gasteiger partial charge >= 0.3 is 12.1 Å². The first kappa shape index (κ1) is 22.5. The first-order valence-corrected chi connectivity index (χ1v) is 9.15. The number of carbonyl (C=O) groups excluding carboxylic acids is 3. The molecule has 0 aliphatic heterocycles. The molecule has 27 heavy (non-hydrogen) atoms. The second-order valence-corrected chi connectivity index (χ2v) is 6.82. The highest BCUT2D eigenvalue weighted by Gasteiger charge is 2.32. The Balaban J connectivity index is 2.71. The maximum Gasteiger partial charge on any atom is 0.408 e. The fourth-order valence-electron chi connectivity index (χ4n) is 2.47. The number of carbonyl (C=O) groups is 3. The molecule has 0 saturated heterocycles. The van der Waals surface area contributed by atoms with Gasteiger partial charge in [0.05, 0.1) is 7.11 Å². The van der Waals surface area contributed by atoms with E-state index in [1.807, 2.05) is 44.2 Å². The summed E-state index contributed by atoms with van der Waals surface area (Å²) < 4.78 is 9.96. The van der Waals surface area contributed by atoms with Crippen molar-refractivity contribution < 1.29 is 23.9 Å². The number of nitrogens with one attached hydrogen (secondary N) is 2. The fourth-order valence-corrected chi connectivity index (χ4v) is 2.47. The highest BCUT2D eigenvalue weighted by atomic mass is 16.5. The second kappa shape index (κ2) is 11.2. The number of amides is 2. The van der Waals surface area contributed by atoms with Gasteiger partial charge in [-0.1, -0.05) is 64.4 Å². The molecule has 2 N–H and O–H groups in total. The molecule has 7 heteroatoms. The number of methoxy groups -OCH3 is 1. The predicted octanol–water partition coefficient (Wildman–Crippen LogP) is 2.64. The minimum absolute atomic E-state index is 0.0979. The molecular weight excluding hydrogens is 348 g/mol. The number of rotatable bonds is 9. The Morgan fingerprint density at radius 3 is 2.15 bits per heavy atom. The third kappa shape index (κ3) is 7.29. The van der Waals surface area contributed by atoms with E-state index >= 15 is 0 Å². The van der Waals surface area contributed by atoms with Gasteiger partial charge in [0.25, 0.3) is 0 Å². The van der Waals surface area contributed by atoms with Gasteiger partial charge in [-0.05, 0) is 17.4 Å². The summed E-state index contributed by atoms with van der Waals surface area (Å²) in [5, 5.41) is 5.28. The predicted molar refractivity (Wildman–Crippen MR) is 102 cm³/mol. The zero-order valence-electron chi connectivity index (χ0n) is 16.7. The molecule has 3 atom stereocenters. The molecule has 0 spiro atoms. The third-order valence-electron chi connectivity index (χ3n) is 4.40. The summed E-state index contributed by atoms with van der Waals surface area (Å²) in [6, 6.07) is 7.66. The number of hydrogen-bond donors (Lipinski definition) is 2. The average Bonchev–Trinajstić information content (AvgIpc) is 2.67. The lowest BCUT2D eigenvalue weighted by molar-refractivity contribution is -0.147. The van der Waals surface area contributed by atoms with E-state index in [1.54, 1.807) is 13.8 Å². The molecule has 0 aliphatic carbocycles. The van der Waals surface area contributed by atoms with Crippen LogP contribution in [0.4, 0.5) is 4.79 Å². The molecule has 1 rings (SSSR count). The number of alkyl carbamates (subject to hydrolysis) is 1. The Morgan fingerprint density at radius 2 is 1.63 bits per heavy atom. The summed E-state index contributed by atoms with van der Waals surface area (Å²) in [5.74, 6) is -1.24. The normalized spacial score (nSPS) is 14.0. The molecule has 1 aromatic rings. The summed E-state index contributed by atoms with van der Waals surface area (Å²) in [6.45, 7) is 7.49. The Hall–Kier alpha value is -2.57. The number of esters is 1. The smallest absolute Gasteiger partial charge is 0.408 e. The summed E-state index contributed by atoms with van der Waals surface area (Å²) in [6.07, 6.45) is 0.00437. The van der Waals surface area contributed by atoms with Crippen molar-refractivity contribution >= 4 is 18.0 Å². The molecule has 0 bridgehead atoms. The topological polar surface area (TPSA) is 93.7 Å². The van der Waals surface area contributed by atoms with Gasteiger partial charge in [0.1, 0.15) is 18.7 Å². The Morgan fingerprint density at radius 1 is 1.00 bits per heavy atom. The molecule has 2 amide bonds. The van der Waals surface area contributed by atoms with Crippen molar-refractivity contribution in [1.29, 1.82) is 0 Å². The van der Waals surface area contributed by atoms with Gasteiger partial charge in [-0.25, -0.2) is 9.59 Å². The van der Waals surface area contributed by atoms with E-state index in [9.17, 15) is 14.4 Å². The molecule has 150 valence electrons. The fraction of sp³-hybridized carbons (Fsp3) is 0.550. The van der Waals surface area contributed by atoms with Crippen LogP contribution in [-0.4, -0.2) is 37.2 Å². The van der Waals surface area contributed by atoms with Crippen molar-refractivity contribution in [2.24, 2.45) is 11.8 Å². The highest BCUT2D eigenvalue weighted by Crippen LogP contribution is 2.11. The van der Waals surface area contributed by atoms with Crippen LogP contribution in [0, 0.1) is 11.8 Å². The van der Waals surface area contributed by atoms with E-state index in [0.717, 1.165) is 5.56 Å². The maximum atomic E-state index is 12.7. The van der Waals surface area contributed by atoms with Crippen molar-refractivity contribution in [1.82, 2.24) is 10.6 Å². The molecule has 0 heterocycles. The largest absolute Gasteiger partial charge is 0.467 e. The minimum atomic E-state index is -0.829. The lowest BCUT2D eigenvalue weighted by atomic mass is 9.97. The molecule has 0 saturated carbocycles. The Kier molecular flexibility index (Phi) is 9.33. The lowest BCUT2D eigenvalue weighted by Crippen LogP contribution is -2.55. The minimum Gasteiger partial charge on any atom is -0.467 e. The molecule has 0 unspecified atom stereocenters. The SMILES string of the molecule is CC[C@H](C)[C@H](NC(=O)[C@H](NC(=O)OCc1ccccc1)C(C)C)C(=O)OC. The zero-order valence-corrected chi connectivity index (χ0v) is 16.7. The monoisotopic (exact) mass is 378 g/mol. The van der Waals surface area contributed by atoms with E-state index in [2.05, 4.69) is 10.6 Å². The standard InChI is InChI=1S/C20H30N2O5/c1-6-14(4)17(19(24)26-5)21-18(23)16(13(2)3)22-20(25)27-12-15-10-8-7-9-11-15/h7-11,13-14,16-17H,6,12H2,1-5H3,(H,21,23)(H,22,25)/t14-,16+,17-/m0/s1. The van der Waals surface area contributed by atoms with Gasteiger partial charge < -0.3 is 20.1 Å². The van der Waals surface area contributed by atoms with Crippen LogP contribution in [0.3, 0.4) is 0 Å². The molecule has 0 radical (unpaired) electrons. The van der Waals surface area contributed by atoms with Crippen molar-refractivity contribution in [3.05, 3.63) is 35.9 Å². The van der Waals surface area contributed by atoms with Crippen LogP contribution < -0.4 is 10.6 Å². The summed E-state index contributed by atoms with van der Waals surface area (Å²) in [7, 11) is 1.28. The van der Waals surface area contributed by atoms with Gasteiger partial charge in [-0.15, -0.1) is 0 Å². The lowest BCUT2D eigenvalue weighted by Gasteiger charge is -2.26. The van der Waals surface area contributed by atoms with Crippen LogP contribution in [-0.2, 0) is 25.7 Å². The van der Waals surface area contributed by atoms with E-state index in [1.165, 1.54) is 7.11 Å². The number of ether oxygens (including phenoxy) is 2. The molecular formula is C20H30N2O5. The maximum absolute atomic E-state index is 12.7. The number of benzene rings is 1. The van der Waals surface area contributed by atoms with Crippen LogP contribution in [0.5, 0.6) is 0 Å². The van der Waals surface area contributed by atoms with E-state index in [-0.39, 0.29) is 18.4 Å². The van der Waals surface area contributed by atoms with E-state index in [0.29, 0.717) is 6.42 Å². The summed E-state index contributed by atoms with van der Waals surface area (Å²) >= 11 is 0. The first-order chi connectivity index (χ1) is 12.8. The van der Waals surface area contributed by atoms with Gasteiger partial charge in [0, 0.05) is 0 Å². The van der Waals surface area contributed by atoms with Crippen molar-refractivity contribution in [3.8, 4) is 0 Å². The van der Waals surface area contributed by atoms with Gasteiger partial charge in [-0.3, -0.25) is 4.79 Å².